The van der Waals surface area contributed by atoms with Crippen molar-refractivity contribution in [1.82, 2.24) is 9.55 Å². The highest BCUT2D eigenvalue weighted by molar-refractivity contribution is 7.99. The van der Waals surface area contributed by atoms with Crippen molar-refractivity contribution in [2.24, 2.45) is 5.92 Å². The van der Waals surface area contributed by atoms with Crippen molar-refractivity contribution in [3.8, 4) is 0 Å². The van der Waals surface area contributed by atoms with Gasteiger partial charge < -0.3 is 10.6 Å². The maximum atomic E-state index is 12.8. The number of hydrogen-bond acceptors (Lipinski definition) is 5. The quantitative estimate of drug-likeness (QED) is 0.585. The number of nitrogens with zero attached hydrogens (tertiary/aromatic N) is 2. The van der Waals surface area contributed by atoms with Crippen LogP contribution in [0.15, 0.2) is 70.6 Å². The number of rotatable bonds is 4. The van der Waals surface area contributed by atoms with Crippen molar-refractivity contribution >= 4 is 34.7 Å². The molecule has 7 heteroatoms. The molecule has 1 aliphatic rings. The summed E-state index contributed by atoms with van der Waals surface area (Å²) in [7, 11) is 0. The minimum atomic E-state index is -0.292. The van der Waals surface area contributed by atoms with E-state index in [4.69, 9.17) is 0 Å². The van der Waals surface area contributed by atoms with E-state index in [1.165, 1.54) is 11.8 Å². The van der Waals surface area contributed by atoms with Gasteiger partial charge in [-0.05, 0) is 36.4 Å². The zero-order valence-corrected chi connectivity index (χ0v) is 18.7. The highest BCUT2D eigenvalue weighted by Crippen LogP contribution is 2.28. The molecule has 6 nitrogen and oxygen atoms in total. The zero-order chi connectivity index (χ0) is 22.0. The molecule has 0 spiro atoms. The number of carbonyl (C=O) groups excluding carboxylic acids is 1. The summed E-state index contributed by atoms with van der Waals surface area (Å²) < 4.78 is 1.61. The standard InChI is InChI=1S/C24H26N4O2S/c1-24(2,3)20-13-21(29)28-14-16(15-31-23(28)27-20)22(30)26-19-11-9-18(10-12-19)25-17-7-5-4-6-8-17/h4-13,16,25H,14-15H2,1-3H3,(H,26,30). The Bertz CT molecular complexity index is 1130. The fourth-order valence-electron chi connectivity index (χ4n) is 3.32. The van der Waals surface area contributed by atoms with Crippen molar-refractivity contribution in [3.05, 3.63) is 76.7 Å². The third-order valence-corrected chi connectivity index (χ3v) is 6.28. The van der Waals surface area contributed by atoms with Crippen LogP contribution in [0.2, 0.25) is 0 Å². The number of nitrogens with one attached hydrogen (secondary N) is 2. The predicted molar refractivity (Wildman–Crippen MR) is 126 cm³/mol. The molecule has 1 aliphatic heterocycles. The fourth-order valence-corrected chi connectivity index (χ4v) is 4.41. The van der Waals surface area contributed by atoms with Crippen LogP contribution in [0.4, 0.5) is 17.1 Å². The van der Waals surface area contributed by atoms with E-state index >= 15 is 0 Å². The maximum absolute atomic E-state index is 12.8. The number of fused-ring (bicyclic) bond motifs is 1. The molecule has 160 valence electrons. The van der Waals surface area contributed by atoms with Crippen LogP contribution in [0, 0.1) is 5.92 Å². The molecule has 3 aromatic rings. The first-order valence-corrected chi connectivity index (χ1v) is 11.3. The Morgan fingerprint density at radius 2 is 1.68 bits per heavy atom. The molecular weight excluding hydrogens is 408 g/mol. The molecule has 0 saturated heterocycles. The SMILES string of the molecule is CC(C)(C)c1cc(=O)n2c(n1)SCC(C(=O)Nc1ccc(Nc3ccccc3)cc1)C2. The van der Waals surface area contributed by atoms with Crippen molar-refractivity contribution in [2.75, 3.05) is 16.4 Å². The van der Waals surface area contributed by atoms with Gasteiger partial charge in [-0.1, -0.05) is 50.7 Å². The minimum Gasteiger partial charge on any atom is -0.356 e. The van der Waals surface area contributed by atoms with Gasteiger partial charge in [0.25, 0.3) is 5.56 Å². The summed E-state index contributed by atoms with van der Waals surface area (Å²) >= 11 is 1.46. The molecule has 2 aromatic carbocycles. The van der Waals surface area contributed by atoms with Gasteiger partial charge in [-0.3, -0.25) is 14.2 Å². The molecule has 4 rings (SSSR count). The van der Waals surface area contributed by atoms with Gasteiger partial charge in [-0.25, -0.2) is 4.98 Å². The van der Waals surface area contributed by atoms with E-state index in [9.17, 15) is 9.59 Å². The van der Waals surface area contributed by atoms with Gasteiger partial charge in [0.2, 0.25) is 5.91 Å². The second-order valence-corrected chi connectivity index (χ2v) is 9.68. The molecule has 31 heavy (non-hydrogen) atoms. The van der Waals surface area contributed by atoms with Crippen molar-refractivity contribution in [1.29, 1.82) is 0 Å². The van der Waals surface area contributed by atoms with Crippen LogP contribution in [0.3, 0.4) is 0 Å². The van der Waals surface area contributed by atoms with Gasteiger partial charge in [0.1, 0.15) is 0 Å². The molecule has 1 unspecified atom stereocenters. The number of anilines is 3. The average Bonchev–Trinajstić information content (AvgIpc) is 2.75. The predicted octanol–water partition coefficient (Wildman–Crippen LogP) is 4.65. The Kier molecular flexibility index (Phi) is 5.87. The van der Waals surface area contributed by atoms with Gasteiger partial charge in [-0.2, -0.15) is 0 Å². The summed E-state index contributed by atoms with van der Waals surface area (Å²) in [6.07, 6.45) is 0. The highest BCUT2D eigenvalue weighted by atomic mass is 32.2. The molecule has 0 aliphatic carbocycles. The molecule has 2 heterocycles. The van der Waals surface area contributed by atoms with Crippen LogP contribution in [0.25, 0.3) is 0 Å². The van der Waals surface area contributed by atoms with E-state index in [0.29, 0.717) is 17.5 Å². The second kappa shape index (κ2) is 8.59. The normalized spacial score (nSPS) is 15.8. The summed E-state index contributed by atoms with van der Waals surface area (Å²) in [5.74, 6) is 0.216. The summed E-state index contributed by atoms with van der Waals surface area (Å²) in [5.41, 5.74) is 3.17. The lowest BCUT2D eigenvalue weighted by Gasteiger charge is -2.26. The first-order valence-electron chi connectivity index (χ1n) is 10.3. The Labute approximate surface area is 186 Å². The molecule has 0 saturated carbocycles. The van der Waals surface area contributed by atoms with Crippen LogP contribution in [-0.4, -0.2) is 21.2 Å². The Morgan fingerprint density at radius 1 is 1.03 bits per heavy atom. The lowest BCUT2D eigenvalue weighted by atomic mass is 9.92. The number of para-hydroxylation sites is 1. The topological polar surface area (TPSA) is 76.0 Å². The Morgan fingerprint density at radius 3 is 2.35 bits per heavy atom. The van der Waals surface area contributed by atoms with Crippen LogP contribution in [0.5, 0.6) is 0 Å². The van der Waals surface area contributed by atoms with E-state index in [1.54, 1.807) is 10.6 Å². The molecule has 1 aromatic heterocycles. The number of aromatic nitrogens is 2. The maximum Gasteiger partial charge on any atom is 0.254 e. The monoisotopic (exact) mass is 434 g/mol. The van der Waals surface area contributed by atoms with Crippen molar-refractivity contribution in [3.63, 3.8) is 0 Å². The van der Waals surface area contributed by atoms with Gasteiger partial charge in [0.05, 0.1) is 11.6 Å². The average molecular weight is 435 g/mol. The first-order chi connectivity index (χ1) is 14.8. The summed E-state index contributed by atoms with van der Waals surface area (Å²) in [4.78, 5) is 30.1. The Hall–Kier alpha value is -3.06. The van der Waals surface area contributed by atoms with Crippen LogP contribution < -0.4 is 16.2 Å². The van der Waals surface area contributed by atoms with Gasteiger partial charge in [0.15, 0.2) is 5.16 Å². The Balaban J connectivity index is 1.41. The molecule has 0 fully saturated rings. The van der Waals surface area contributed by atoms with E-state index in [2.05, 4.69) is 15.6 Å². The van der Waals surface area contributed by atoms with Gasteiger partial charge >= 0.3 is 0 Å². The lowest BCUT2D eigenvalue weighted by Crippen LogP contribution is -2.37. The summed E-state index contributed by atoms with van der Waals surface area (Å²) in [6.45, 7) is 6.46. The second-order valence-electron chi connectivity index (χ2n) is 8.69. The molecule has 0 bridgehead atoms. The van der Waals surface area contributed by atoms with E-state index in [1.807, 2.05) is 75.4 Å². The largest absolute Gasteiger partial charge is 0.356 e. The first kappa shape index (κ1) is 21.2. The number of benzene rings is 2. The third-order valence-electron chi connectivity index (χ3n) is 5.14. The summed E-state index contributed by atoms with van der Waals surface area (Å²) in [5, 5.41) is 6.98. The molecular formula is C24H26N4O2S. The van der Waals surface area contributed by atoms with E-state index in [0.717, 1.165) is 22.8 Å². The summed E-state index contributed by atoms with van der Waals surface area (Å²) in [6, 6.07) is 19.1. The zero-order valence-electron chi connectivity index (χ0n) is 17.9. The van der Waals surface area contributed by atoms with E-state index < -0.39 is 0 Å². The third kappa shape index (κ3) is 4.99. The van der Waals surface area contributed by atoms with Crippen LogP contribution in [0.1, 0.15) is 26.5 Å². The fraction of sp³-hybridized carbons (Fsp3) is 0.292. The van der Waals surface area contributed by atoms with Gasteiger partial charge in [0, 0.05) is 40.8 Å². The number of hydrogen-bond donors (Lipinski definition) is 2. The van der Waals surface area contributed by atoms with Gasteiger partial charge in [-0.15, -0.1) is 0 Å². The molecule has 1 atom stereocenters. The molecule has 0 radical (unpaired) electrons. The van der Waals surface area contributed by atoms with E-state index in [-0.39, 0.29) is 22.8 Å². The lowest BCUT2D eigenvalue weighted by molar-refractivity contribution is -0.119. The van der Waals surface area contributed by atoms with Crippen LogP contribution in [-0.2, 0) is 16.8 Å². The number of carbonyl (C=O) groups is 1. The van der Waals surface area contributed by atoms with Crippen molar-refractivity contribution < 1.29 is 4.79 Å². The minimum absolute atomic E-state index is 0.0892. The number of thioether (sulfide) groups is 1. The number of amides is 1. The smallest absolute Gasteiger partial charge is 0.254 e. The highest BCUT2D eigenvalue weighted by Gasteiger charge is 2.28. The molecule has 1 amide bonds. The van der Waals surface area contributed by atoms with Crippen molar-refractivity contribution in [2.45, 2.75) is 37.9 Å². The molecule has 2 N–H and O–H groups in total. The van der Waals surface area contributed by atoms with Crippen LogP contribution >= 0.6 is 11.8 Å².